The summed E-state index contributed by atoms with van der Waals surface area (Å²) in [7, 11) is 0. The smallest absolute Gasteiger partial charge is 0.0645 e. The summed E-state index contributed by atoms with van der Waals surface area (Å²) in [6.45, 7) is 6.47. The van der Waals surface area contributed by atoms with Crippen LogP contribution in [0.1, 0.15) is 29.9 Å². The molecule has 3 heteroatoms. The van der Waals surface area contributed by atoms with Gasteiger partial charge in [-0.25, -0.2) is 0 Å². The summed E-state index contributed by atoms with van der Waals surface area (Å²) in [5, 5.41) is 0. The highest BCUT2D eigenvalue weighted by Gasteiger charge is 2.30. The third kappa shape index (κ3) is 2.25. The van der Waals surface area contributed by atoms with Crippen LogP contribution in [0.5, 0.6) is 0 Å². The number of ether oxygens (including phenoxy) is 1. The fraction of sp³-hybridized carbons (Fsp3) is 0.600. The van der Waals surface area contributed by atoms with Crippen molar-refractivity contribution in [2.24, 2.45) is 0 Å². The standard InChI is InChI=1S/C15H22N2O/c1-11-8-13(16)2-3-15(11)12-4-6-17(7-5-12)14-9-18-10-14/h2-3,8,12,14H,4-7,9-10,16H2,1H3. The van der Waals surface area contributed by atoms with Crippen LogP contribution in [0.15, 0.2) is 18.2 Å². The molecule has 18 heavy (non-hydrogen) atoms. The summed E-state index contributed by atoms with van der Waals surface area (Å²) in [5.41, 5.74) is 9.54. The number of piperidine rings is 1. The molecule has 0 saturated carbocycles. The molecule has 2 saturated heterocycles. The minimum atomic E-state index is 0.693. The van der Waals surface area contributed by atoms with Crippen molar-refractivity contribution in [1.82, 2.24) is 4.90 Å². The van der Waals surface area contributed by atoms with Crippen LogP contribution < -0.4 is 5.73 Å². The Morgan fingerprint density at radius 1 is 1.22 bits per heavy atom. The Bertz CT molecular complexity index is 421. The van der Waals surface area contributed by atoms with Gasteiger partial charge in [0.05, 0.1) is 19.3 Å². The second-order valence-corrected chi connectivity index (χ2v) is 5.62. The highest BCUT2D eigenvalue weighted by atomic mass is 16.5. The van der Waals surface area contributed by atoms with Crippen molar-refractivity contribution < 1.29 is 4.74 Å². The van der Waals surface area contributed by atoms with Crippen LogP contribution in [0, 0.1) is 6.92 Å². The van der Waals surface area contributed by atoms with Gasteiger partial charge in [0.2, 0.25) is 0 Å². The molecule has 0 aromatic heterocycles. The number of anilines is 1. The van der Waals surface area contributed by atoms with Crippen LogP contribution in [-0.4, -0.2) is 37.2 Å². The van der Waals surface area contributed by atoms with Crippen molar-refractivity contribution >= 4 is 5.69 Å². The summed E-state index contributed by atoms with van der Waals surface area (Å²) < 4.78 is 5.28. The first-order valence-electron chi connectivity index (χ1n) is 6.92. The summed E-state index contributed by atoms with van der Waals surface area (Å²) in [4.78, 5) is 2.59. The molecular weight excluding hydrogens is 224 g/mol. The molecule has 2 aliphatic rings. The second-order valence-electron chi connectivity index (χ2n) is 5.62. The Balaban J connectivity index is 1.64. The molecule has 2 N–H and O–H groups in total. The average molecular weight is 246 g/mol. The fourth-order valence-electron chi connectivity index (χ4n) is 3.17. The zero-order chi connectivity index (χ0) is 12.5. The number of nitrogens with zero attached hydrogens (tertiary/aromatic N) is 1. The van der Waals surface area contributed by atoms with E-state index in [4.69, 9.17) is 10.5 Å². The van der Waals surface area contributed by atoms with Crippen LogP contribution in [-0.2, 0) is 4.74 Å². The van der Waals surface area contributed by atoms with Crippen molar-refractivity contribution in [2.45, 2.75) is 31.7 Å². The summed E-state index contributed by atoms with van der Waals surface area (Å²) in [6, 6.07) is 7.05. The SMILES string of the molecule is Cc1cc(N)ccc1C1CCN(C2COC2)CC1. The average Bonchev–Trinajstić information content (AvgIpc) is 2.28. The van der Waals surface area contributed by atoms with Gasteiger partial charge in [-0.1, -0.05) is 6.07 Å². The molecule has 0 aliphatic carbocycles. The molecule has 2 heterocycles. The number of hydrogen-bond acceptors (Lipinski definition) is 3. The Morgan fingerprint density at radius 3 is 2.50 bits per heavy atom. The number of hydrogen-bond donors (Lipinski definition) is 1. The topological polar surface area (TPSA) is 38.5 Å². The molecule has 2 aliphatic heterocycles. The van der Waals surface area contributed by atoms with E-state index >= 15 is 0 Å². The first-order valence-corrected chi connectivity index (χ1v) is 6.92. The third-order valence-electron chi connectivity index (χ3n) is 4.40. The van der Waals surface area contributed by atoms with Gasteiger partial charge in [-0.15, -0.1) is 0 Å². The van der Waals surface area contributed by atoms with Crippen molar-refractivity contribution in [3.05, 3.63) is 29.3 Å². The number of rotatable bonds is 2. The van der Waals surface area contributed by atoms with Gasteiger partial charge in [0.25, 0.3) is 0 Å². The normalized spacial score (nSPS) is 22.9. The van der Waals surface area contributed by atoms with Crippen LogP contribution in [0.4, 0.5) is 5.69 Å². The van der Waals surface area contributed by atoms with Crippen molar-refractivity contribution in [2.75, 3.05) is 32.0 Å². The molecule has 0 bridgehead atoms. The number of benzene rings is 1. The number of aryl methyl sites for hydroxylation is 1. The monoisotopic (exact) mass is 246 g/mol. The Labute approximate surface area is 109 Å². The Morgan fingerprint density at radius 2 is 1.94 bits per heavy atom. The number of likely N-dealkylation sites (tertiary alicyclic amines) is 1. The van der Waals surface area contributed by atoms with E-state index in [0.717, 1.165) is 18.9 Å². The zero-order valence-electron chi connectivity index (χ0n) is 11.1. The summed E-state index contributed by atoms with van der Waals surface area (Å²) >= 11 is 0. The molecule has 1 aromatic rings. The summed E-state index contributed by atoms with van der Waals surface area (Å²) in [6.07, 6.45) is 2.53. The van der Waals surface area contributed by atoms with Gasteiger partial charge in [0.1, 0.15) is 0 Å². The predicted octanol–water partition coefficient (Wildman–Crippen LogP) is 2.16. The largest absolute Gasteiger partial charge is 0.399 e. The van der Waals surface area contributed by atoms with E-state index in [1.165, 1.54) is 37.1 Å². The van der Waals surface area contributed by atoms with Gasteiger partial charge in [-0.3, -0.25) is 4.90 Å². The van der Waals surface area contributed by atoms with E-state index in [0.29, 0.717) is 12.0 Å². The lowest BCUT2D eigenvalue weighted by atomic mass is 9.86. The molecule has 3 nitrogen and oxygen atoms in total. The predicted molar refractivity (Wildman–Crippen MR) is 73.7 cm³/mol. The van der Waals surface area contributed by atoms with Crippen LogP contribution in [0.3, 0.4) is 0 Å². The quantitative estimate of drug-likeness (QED) is 0.813. The van der Waals surface area contributed by atoms with Crippen molar-refractivity contribution in [3.63, 3.8) is 0 Å². The molecule has 0 atom stereocenters. The molecular formula is C15H22N2O. The third-order valence-corrected chi connectivity index (χ3v) is 4.40. The maximum atomic E-state index is 5.82. The highest BCUT2D eigenvalue weighted by molar-refractivity contribution is 5.45. The molecule has 0 radical (unpaired) electrons. The lowest BCUT2D eigenvalue weighted by Gasteiger charge is -2.41. The number of nitrogens with two attached hydrogens (primary N) is 1. The highest BCUT2D eigenvalue weighted by Crippen LogP contribution is 2.32. The van der Waals surface area contributed by atoms with Gasteiger partial charge < -0.3 is 10.5 Å². The van der Waals surface area contributed by atoms with Crippen LogP contribution >= 0.6 is 0 Å². The minimum Gasteiger partial charge on any atom is -0.399 e. The molecule has 0 spiro atoms. The fourth-order valence-corrected chi connectivity index (χ4v) is 3.17. The van der Waals surface area contributed by atoms with Gasteiger partial charge in [-0.2, -0.15) is 0 Å². The summed E-state index contributed by atoms with van der Waals surface area (Å²) in [5.74, 6) is 0.711. The first kappa shape index (κ1) is 12.0. The first-order chi connectivity index (χ1) is 8.74. The van der Waals surface area contributed by atoms with Gasteiger partial charge >= 0.3 is 0 Å². The van der Waals surface area contributed by atoms with Crippen LogP contribution in [0.25, 0.3) is 0 Å². The minimum absolute atomic E-state index is 0.693. The van der Waals surface area contributed by atoms with Crippen molar-refractivity contribution in [3.8, 4) is 0 Å². The van der Waals surface area contributed by atoms with E-state index in [2.05, 4.69) is 24.0 Å². The van der Waals surface area contributed by atoms with E-state index < -0.39 is 0 Å². The molecule has 0 amide bonds. The molecule has 0 unspecified atom stereocenters. The molecule has 98 valence electrons. The van der Waals surface area contributed by atoms with E-state index in [-0.39, 0.29) is 0 Å². The number of nitrogen functional groups attached to an aromatic ring is 1. The van der Waals surface area contributed by atoms with Gasteiger partial charge in [-0.05, 0) is 62.0 Å². The lowest BCUT2D eigenvalue weighted by Crippen LogP contribution is -2.51. The Kier molecular flexibility index (Phi) is 3.27. The lowest BCUT2D eigenvalue weighted by molar-refractivity contribution is -0.0712. The second kappa shape index (κ2) is 4.90. The molecule has 3 rings (SSSR count). The molecule has 2 fully saturated rings. The zero-order valence-corrected chi connectivity index (χ0v) is 11.1. The van der Waals surface area contributed by atoms with E-state index in [1.54, 1.807) is 0 Å². The van der Waals surface area contributed by atoms with Crippen molar-refractivity contribution in [1.29, 1.82) is 0 Å². The van der Waals surface area contributed by atoms with Gasteiger partial charge in [0.15, 0.2) is 0 Å². The Hall–Kier alpha value is -1.06. The van der Waals surface area contributed by atoms with E-state index in [1.807, 2.05) is 6.07 Å². The maximum Gasteiger partial charge on any atom is 0.0645 e. The van der Waals surface area contributed by atoms with Crippen LogP contribution in [0.2, 0.25) is 0 Å². The maximum absolute atomic E-state index is 5.82. The molecule has 1 aromatic carbocycles. The van der Waals surface area contributed by atoms with Gasteiger partial charge in [0, 0.05) is 5.69 Å². The van der Waals surface area contributed by atoms with E-state index in [9.17, 15) is 0 Å².